The predicted octanol–water partition coefficient (Wildman–Crippen LogP) is 1.50. The van der Waals surface area contributed by atoms with Gasteiger partial charge in [0.2, 0.25) is 0 Å². The van der Waals surface area contributed by atoms with E-state index in [2.05, 4.69) is 15.9 Å². The molecule has 0 bridgehead atoms. The molecule has 2 aliphatic heterocycles. The van der Waals surface area contributed by atoms with Gasteiger partial charge in [-0.1, -0.05) is 0 Å². The summed E-state index contributed by atoms with van der Waals surface area (Å²) < 4.78 is 5.73. The number of aryl methyl sites for hydroxylation is 2. The summed E-state index contributed by atoms with van der Waals surface area (Å²) in [6.07, 6.45) is 6.73. The largest absolute Gasteiger partial charge is 0.384 e. The Kier molecular flexibility index (Phi) is 5.12. The number of nitriles is 1. The second kappa shape index (κ2) is 7.51. The number of β-amino-alcohol motifs (C(OH)–C–C–N with tert-alkyl or cyclic N) is 1. The summed E-state index contributed by atoms with van der Waals surface area (Å²) in [6.45, 7) is 4.72. The Morgan fingerprint density at radius 1 is 1.19 bits per heavy atom. The quantitative estimate of drug-likeness (QED) is 0.885. The lowest BCUT2D eigenvalue weighted by Crippen LogP contribution is -2.52. The summed E-state index contributed by atoms with van der Waals surface area (Å²) in [7, 11) is 0. The Labute approximate surface area is 155 Å². The first kappa shape index (κ1) is 17.7. The van der Waals surface area contributed by atoms with Gasteiger partial charge in [-0.05, 0) is 63.2 Å². The molecule has 0 aromatic carbocycles. The molecule has 0 radical (unpaired) electrons. The lowest BCUT2D eigenvalue weighted by atomic mass is 9.94. The highest BCUT2D eigenvalue weighted by Crippen LogP contribution is 2.28. The third-order valence-electron chi connectivity index (χ3n) is 5.78. The summed E-state index contributed by atoms with van der Waals surface area (Å²) in [4.78, 5) is 9.25. The lowest BCUT2D eigenvalue weighted by Gasteiger charge is -2.35. The molecular formula is C20H28N4O2. The van der Waals surface area contributed by atoms with Gasteiger partial charge in [-0.3, -0.25) is 0 Å². The number of rotatable bonds is 3. The average molecular weight is 356 g/mol. The van der Waals surface area contributed by atoms with Crippen LogP contribution in [0.4, 0.5) is 5.82 Å². The SMILES string of the molecule is N#Cc1cc2c(nc1N1CCOCC(O)(CN3CCCC3)C1)CCCC2. The normalized spacial score (nSPS) is 27.0. The van der Waals surface area contributed by atoms with E-state index >= 15 is 0 Å². The molecule has 1 N–H and O–H groups in total. The number of hydrogen-bond acceptors (Lipinski definition) is 6. The molecule has 6 nitrogen and oxygen atoms in total. The number of anilines is 1. The summed E-state index contributed by atoms with van der Waals surface area (Å²) >= 11 is 0. The Morgan fingerprint density at radius 3 is 2.81 bits per heavy atom. The van der Waals surface area contributed by atoms with Gasteiger partial charge in [0.25, 0.3) is 0 Å². The van der Waals surface area contributed by atoms with E-state index in [1.165, 1.54) is 24.8 Å². The van der Waals surface area contributed by atoms with Crippen LogP contribution in [0.3, 0.4) is 0 Å². The van der Waals surface area contributed by atoms with E-state index in [-0.39, 0.29) is 0 Å². The molecule has 26 heavy (non-hydrogen) atoms. The fraction of sp³-hybridized carbons (Fsp3) is 0.700. The van der Waals surface area contributed by atoms with Gasteiger partial charge in [0.1, 0.15) is 17.5 Å². The van der Waals surface area contributed by atoms with Gasteiger partial charge in [-0.2, -0.15) is 5.26 Å². The van der Waals surface area contributed by atoms with E-state index in [0.29, 0.717) is 38.4 Å². The fourth-order valence-corrected chi connectivity index (χ4v) is 4.50. The highest BCUT2D eigenvalue weighted by atomic mass is 16.5. The molecule has 1 aromatic heterocycles. The number of pyridine rings is 1. The maximum Gasteiger partial charge on any atom is 0.147 e. The van der Waals surface area contributed by atoms with Crippen LogP contribution in [0.15, 0.2) is 6.07 Å². The van der Waals surface area contributed by atoms with E-state index in [1.807, 2.05) is 6.07 Å². The molecule has 2 fully saturated rings. The van der Waals surface area contributed by atoms with Gasteiger partial charge in [0.05, 0.1) is 25.3 Å². The zero-order chi connectivity index (χ0) is 18.0. The molecule has 2 saturated heterocycles. The van der Waals surface area contributed by atoms with Crippen molar-refractivity contribution in [2.45, 2.75) is 44.1 Å². The minimum Gasteiger partial charge on any atom is -0.384 e. The standard InChI is InChI=1S/C20H28N4O2/c21-12-17-11-16-5-1-2-6-18(16)22-19(17)24-9-10-26-15-20(25,14-24)13-23-7-3-4-8-23/h11,25H,1-10,13-15H2. The van der Waals surface area contributed by atoms with Crippen LogP contribution in [-0.4, -0.2) is 66.5 Å². The summed E-state index contributed by atoms with van der Waals surface area (Å²) in [5.41, 5.74) is 2.04. The molecule has 3 heterocycles. The number of ether oxygens (including phenoxy) is 1. The Morgan fingerprint density at radius 2 is 2.00 bits per heavy atom. The van der Waals surface area contributed by atoms with Gasteiger partial charge >= 0.3 is 0 Å². The first-order valence-electron chi connectivity index (χ1n) is 9.87. The molecule has 1 atom stereocenters. The van der Waals surface area contributed by atoms with Crippen molar-refractivity contribution >= 4 is 5.82 Å². The van der Waals surface area contributed by atoms with Crippen molar-refractivity contribution in [2.75, 3.05) is 50.8 Å². The summed E-state index contributed by atoms with van der Waals surface area (Å²) in [5, 5.41) is 20.9. The highest BCUT2D eigenvalue weighted by molar-refractivity contribution is 5.57. The van der Waals surface area contributed by atoms with E-state index < -0.39 is 5.60 Å². The molecule has 1 unspecified atom stereocenters. The molecule has 1 aliphatic carbocycles. The Hall–Kier alpha value is -1.68. The first-order valence-corrected chi connectivity index (χ1v) is 9.87. The molecule has 1 aromatic rings. The first-order chi connectivity index (χ1) is 12.7. The van der Waals surface area contributed by atoms with Gasteiger partial charge < -0.3 is 19.6 Å². The average Bonchev–Trinajstić information content (AvgIpc) is 3.07. The predicted molar refractivity (Wildman–Crippen MR) is 99.2 cm³/mol. The number of aromatic nitrogens is 1. The second-order valence-electron chi connectivity index (χ2n) is 7.97. The molecule has 4 rings (SSSR count). The molecular weight excluding hydrogens is 328 g/mol. The number of likely N-dealkylation sites (tertiary alicyclic amines) is 1. The van der Waals surface area contributed by atoms with Gasteiger partial charge in [0, 0.05) is 18.8 Å². The van der Waals surface area contributed by atoms with Crippen molar-refractivity contribution in [3.63, 3.8) is 0 Å². The minimum atomic E-state index is -0.925. The van der Waals surface area contributed by atoms with Crippen molar-refractivity contribution in [1.29, 1.82) is 5.26 Å². The molecule has 140 valence electrons. The lowest BCUT2D eigenvalue weighted by molar-refractivity contribution is -0.0439. The number of nitrogens with zero attached hydrogens (tertiary/aromatic N) is 4. The molecule has 0 saturated carbocycles. The van der Waals surface area contributed by atoms with Gasteiger partial charge in [-0.25, -0.2) is 4.98 Å². The second-order valence-corrected chi connectivity index (χ2v) is 7.97. The number of hydrogen-bond donors (Lipinski definition) is 1. The van der Waals surface area contributed by atoms with Crippen LogP contribution >= 0.6 is 0 Å². The monoisotopic (exact) mass is 356 g/mol. The number of fused-ring (bicyclic) bond motifs is 1. The molecule has 6 heteroatoms. The van der Waals surface area contributed by atoms with Crippen molar-refractivity contribution in [2.24, 2.45) is 0 Å². The van der Waals surface area contributed by atoms with Crippen LogP contribution in [0.5, 0.6) is 0 Å². The summed E-state index contributed by atoms with van der Waals surface area (Å²) in [6, 6.07) is 4.34. The van der Waals surface area contributed by atoms with E-state index in [9.17, 15) is 10.4 Å². The van der Waals surface area contributed by atoms with Crippen molar-refractivity contribution in [3.05, 3.63) is 22.9 Å². The Balaban J connectivity index is 1.60. The van der Waals surface area contributed by atoms with Crippen LogP contribution in [0.25, 0.3) is 0 Å². The maximum atomic E-state index is 11.2. The van der Waals surface area contributed by atoms with Gasteiger partial charge in [-0.15, -0.1) is 0 Å². The highest BCUT2D eigenvalue weighted by Gasteiger charge is 2.36. The topological polar surface area (TPSA) is 72.6 Å². The molecule has 0 amide bonds. The van der Waals surface area contributed by atoms with Crippen LogP contribution < -0.4 is 4.90 Å². The van der Waals surface area contributed by atoms with E-state index in [4.69, 9.17) is 9.72 Å². The van der Waals surface area contributed by atoms with Crippen LogP contribution in [0.1, 0.15) is 42.5 Å². The third kappa shape index (κ3) is 3.71. The zero-order valence-electron chi connectivity index (χ0n) is 15.4. The van der Waals surface area contributed by atoms with Crippen LogP contribution in [-0.2, 0) is 17.6 Å². The van der Waals surface area contributed by atoms with E-state index in [1.54, 1.807) is 0 Å². The van der Waals surface area contributed by atoms with Gasteiger partial charge in [0.15, 0.2) is 0 Å². The minimum absolute atomic E-state index is 0.340. The Bertz CT molecular complexity index is 696. The maximum absolute atomic E-state index is 11.2. The zero-order valence-corrected chi connectivity index (χ0v) is 15.4. The van der Waals surface area contributed by atoms with Crippen molar-refractivity contribution < 1.29 is 9.84 Å². The smallest absolute Gasteiger partial charge is 0.147 e. The van der Waals surface area contributed by atoms with Crippen molar-refractivity contribution in [1.82, 2.24) is 9.88 Å². The van der Waals surface area contributed by atoms with Crippen molar-refractivity contribution in [3.8, 4) is 6.07 Å². The fourth-order valence-electron chi connectivity index (χ4n) is 4.50. The third-order valence-corrected chi connectivity index (χ3v) is 5.78. The number of aliphatic hydroxyl groups is 1. The molecule has 0 spiro atoms. The molecule has 3 aliphatic rings. The van der Waals surface area contributed by atoms with Crippen LogP contribution in [0, 0.1) is 11.3 Å². The van der Waals surface area contributed by atoms with Crippen LogP contribution in [0.2, 0.25) is 0 Å². The summed E-state index contributed by atoms with van der Waals surface area (Å²) in [5.74, 6) is 0.721. The van der Waals surface area contributed by atoms with E-state index in [0.717, 1.165) is 43.9 Å².